The Bertz CT molecular complexity index is 410. The molecule has 3 nitrogen and oxygen atoms in total. The largest absolute Gasteiger partial charge is 0.312 e. The van der Waals surface area contributed by atoms with Gasteiger partial charge in [-0.15, -0.1) is 0 Å². The Kier molecular flexibility index (Phi) is 7.11. The fourth-order valence-corrected chi connectivity index (χ4v) is 4.53. The molecule has 0 bridgehead atoms. The Morgan fingerprint density at radius 1 is 1.38 bits per heavy atom. The fraction of sp³-hybridized carbons (Fsp3) is 0.824. The Morgan fingerprint density at radius 3 is 2.86 bits per heavy atom. The normalized spacial score (nSPS) is 20.6. The van der Waals surface area contributed by atoms with Crippen molar-refractivity contribution in [3.63, 3.8) is 0 Å². The molecule has 1 aromatic heterocycles. The van der Waals surface area contributed by atoms with E-state index in [1.807, 2.05) is 0 Å². The molecule has 0 spiro atoms. The Balaban J connectivity index is 2.07. The maximum Gasteiger partial charge on any atom is 0.0624 e. The van der Waals surface area contributed by atoms with E-state index in [2.05, 4.69) is 48.6 Å². The Hall–Kier alpha value is -0.480. The molecule has 0 aromatic carbocycles. The van der Waals surface area contributed by atoms with Gasteiger partial charge in [0.15, 0.2) is 0 Å². The van der Waals surface area contributed by atoms with Gasteiger partial charge in [0.1, 0.15) is 0 Å². The van der Waals surface area contributed by atoms with E-state index in [0.29, 0.717) is 6.04 Å². The summed E-state index contributed by atoms with van der Waals surface area (Å²) in [7, 11) is 0. The summed E-state index contributed by atoms with van der Waals surface area (Å²) >= 11 is 2.17. The van der Waals surface area contributed by atoms with Gasteiger partial charge in [0.25, 0.3) is 0 Å². The third kappa shape index (κ3) is 4.75. The van der Waals surface area contributed by atoms with E-state index in [1.54, 1.807) is 0 Å². The van der Waals surface area contributed by atoms with E-state index in [0.717, 1.165) is 31.2 Å². The summed E-state index contributed by atoms with van der Waals surface area (Å²) in [4.78, 5) is 0. The van der Waals surface area contributed by atoms with Gasteiger partial charge in [-0.2, -0.15) is 16.9 Å². The zero-order valence-corrected chi connectivity index (χ0v) is 14.7. The van der Waals surface area contributed by atoms with Gasteiger partial charge in [-0.05, 0) is 51.0 Å². The number of nitrogens with one attached hydrogen (secondary N) is 1. The van der Waals surface area contributed by atoms with Crippen LogP contribution in [0, 0.1) is 0 Å². The second-order valence-electron chi connectivity index (χ2n) is 5.97. The van der Waals surface area contributed by atoms with Crippen molar-refractivity contribution in [2.45, 2.75) is 77.1 Å². The van der Waals surface area contributed by atoms with E-state index >= 15 is 0 Å². The second kappa shape index (κ2) is 8.84. The maximum absolute atomic E-state index is 4.71. The molecular weight excluding hydrogens is 278 g/mol. The first-order chi connectivity index (χ1) is 10.3. The van der Waals surface area contributed by atoms with Crippen molar-refractivity contribution in [2.24, 2.45) is 0 Å². The number of nitrogens with zero attached hydrogens (tertiary/aromatic N) is 2. The van der Waals surface area contributed by atoms with Crippen molar-refractivity contribution in [3.05, 3.63) is 17.5 Å². The first-order valence-corrected chi connectivity index (χ1v) is 9.73. The molecule has 1 N–H and O–H groups in total. The van der Waals surface area contributed by atoms with E-state index in [9.17, 15) is 0 Å². The highest BCUT2D eigenvalue weighted by Gasteiger charge is 2.25. The van der Waals surface area contributed by atoms with Gasteiger partial charge in [0.05, 0.1) is 5.69 Å². The first kappa shape index (κ1) is 16.9. The molecule has 1 fully saturated rings. The minimum atomic E-state index is 0.599. The second-order valence-corrected chi connectivity index (χ2v) is 7.31. The SMILES string of the molecule is CCCNC(Cc1cc(CC)nn1CC)C1CCCCS1. The van der Waals surface area contributed by atoms with E-state index < -0.39 is 0 Å². The van der Waals surface area contributed by atoms with Crippen LogP contribution in [0.5, 0.6) is 0 Å². The molecule has 120 valence electrons. The predicted octanol–water partition coefficient (Wildman–Crippen LogP) is 3.66. The van der Waals surface area contributed by atoms with Crippen LogP contribution in [0.1, 0.15) is 57.8 Å². The number of aryl methyl sites for hydroxylation is 2. The fourth-order valence-electron chi connectivity index (χ4n) is 3.10. The van der Waals surface area contributed by atoms with Crippen LogP contribution in [0.2, 0.25) is 0 Å². The minimum absolute atomic E-state index is 0.599. The van der Waals surface area contributed by atoms with Crippen molar-refractivity contribution in [1.29, 1.82) is 0 Å². The molecule has 2 atom stereocenters. The zero-order chi connectivity index (χ0) is 15.1. The molecule has 21 heavy (non-hydrogen) atoms. The highest BCUT2D eigenvalue weighted by Crippen LogP contribution is 2.29. The third-order valence-corrected chi connectivity index (χ3v) is 5.84. The molecule has 0 radical (unpaired) electrons. The van der Waals surface area contributed by atoms with Gasteiger partial charge in [-0.25, -0.2) is 0 Å². The van der Waals surface area contributed by atoms with Crippen LogP contribution < -0.4 is 5.32 Å². The molecular formula is C17H31N3S. The van der Waals surface area contributed by atoms with Gasteiger partial charge in [0.2, 0.25) is 0 Å². The smallest absolute Gasteiger partial charge is 0.0624 e. The van der Waals surface area contributed by atoms with E-state index in [4.69, 9.17) is 5.10 Å². The van der Waals surface area contributed by atoms with Crippen molar-refractivity contribution >= 4 is 11.8 Å². The van der Waals surface area contributed by atoms with Gasteiger partial charge in [-0.1, -0.05) is 20.3 Å². The summed E-state index contributed by atoms with van der Waals surface area (Å²) in [6.45, 7) is 8.75. The lowest BCUT2D eigenvalue weighted by Crippen LogP contribution is -2.42. The first-order valence-electron chi connectivity index (χ1n) is 8.69. The maximum atomic E-state index is 4.71. The minimum Gasteiger partial charge on any atom is -0.312 e. The molecule has 2 unspecified atom stereocenters. The van der Waals surface area contributed by atoms with Gasteiger partial charge in [0, 0.05) is 30.0 Å². The van der Waals surface area contributed by atoms with Gasteiger partial charge in [-0.3, -0.25) is 4.68 Å². The van der Waals surface area contributed by atoms with Crippen LogP contribution in [0.25, 0.3) is 0 Å². The monoisotopic (exact) mass is 309 g/mol. The molecule has 0 aliphatic carbocycles. The lowest BCUT2D eigenvalue weighted by molar-refractivity contribution is 0.447. The quantitative estimate of drug-likeness (QED) is 0.795. The molecule has 1 aromatic rings. The third-order valence-electron chi connectivity index (χ3n) is 4.32. The molecule has 0 amide bonds. The Labute approximate surface area is 134 Å². The number of hydrogen-bond acceptors (Lipinski definition) is 3. The van der Waals surface area contributed by atoms with Gasteiger partial charge >= 0.3 is 0 Å². The molecule has 2 rings (SSSR count). The average Bonchev–Trinajstić information content (AvgIpc) is 2.94. The summed E-state index contributed by atoms with van der Waals surface area (Å²) in [5, 5.41) is 9.29. The highest BCUT2D eigenvalue weighted by atomic mass is 32.2. The summed E-state index contributed by atoms with van der Waals surface area (Å²) in [5.41, 5.74) is 2.64. The van der Waals surface area contributed by atoms with Crippen molar-refractivity contribution in [1.82, 2.24) is 15.1 Å². The molecule has 4 heteroatoms. The average molecular weight is 310 g/mol. The van der Waals surface area contributed by atoms with Gasteiger partial charge < -0.3 is 5.32 Å². The highest BCUT2D eigenvalue weighted by molar-refractivity contribution is 8.00. The van der Waals surface area contributed by atoms with Crippen LogP contribution in [0.3, 0.4) is 0 Å². The standard InChI is InChI=1S/C17H31N3S/c1-4-10-18-16(17-9-7-8-11-21-17)13-15-12-14(5-2)19-20(15)6-3/h12,16-18H,4-11,13H2,1-3H3. The van der Waals surface area contributed by atoms with Crippen LogP contribution in [-0.4, -0.2) is 33.4 Å². The molecule has 1 saturated heterocycles. The summed E-state index contributed by atoms with van der Waals surface area (Å²) in [5.74, 6) is 1.34. The van der Waals surface area contributed by atoms with Crippen LogP contribution in [-0.2, 0) is 19.4 Å². The Morgan fingerprint density at radius 2 is 2.24 bits per heavy atom. The lowest BCUT2D eigenvalue weighted by Gasteiger charge is -2.30. The molecule has 1 aliphatic rings. The topological polar surface area (TPSA) is 29.9 Å². The van der Waals surface area contributed by atoms with Crippen molar-refractivity contribution in [3.8, 4) is 0 Å². The number of rotatable bonds is 8. The number of thioether (sulfide) groups is 1. The number of hydrogen-bond donors (Lipinski definition) is 1. The summed E-state index contributed by atoms with van der Waals surface area (Å²) in [6.07, 6.45) is 7.53. The van der Waals surface area contributed by atoms with Crippen LogP contribution in [0.4, 0.5) is 0 Å². The van der Waals surface area contributed by atoms with Crippen molar-refractivity contribution < 1.29 is 0 Å². The summed E-state index contributed by atoms with van der Waals surface area (Å²) in [6, 6.07) is 2.92. The molecule has 1 aliphatic heterocycles. The van der Waals surface area contributed by atoms with Crippen LogP contribution in [0.15, 0.2) is 6.07 Å². The van der Waals surface area contributed by atoms with E-state index in [-0.39, 0.29) is 0 Å². The number of aromatic nitrogens is 2. The lowest BCUT2D eigenvalue weighted by atomic mass is 10.0. The van der Waals surface area contributed by atoms with E-state index in [1.165, 1.54) is 42.8 Å². The van der Waals surface area contributed by atoms with Crippen LogP contribution >= 0.6 is 11.8 Å². The van der Waals surface area contributed by atoms with Crippen molar-refractivity contribution in [2.75, 3.05) is 12.3 Å². The summed E-state index contributed by atoms with van der Waals surface area (Å²) < 4.78 is 2.20. The molecule has 2 heterocycles. The molecule has 0 saturated carbocycles. The predicted molar refractivity (Wildman–Crippen MR) is 93.2 cm³/mol. The zero-order valence-electron chi connectivity index (χ0n) is 13.9.